The van der Waals surface area contributed by atoms with Crippen LogP contribution in [0.4, 0.5) is 5.69 Å². The van der Waals surface area contributed by atoms with E-state index in [-0.39, 0.29) is 0 Å². The zero-order valence-electron chi connectivity index (χ0n) is 9.89. The SMILES string of the molecule is CC1OCCC1N(C)c1ccnc(CN)c1. The summed E-state index contributed by atoms with van der Waals surface area (Å²) in [5.74, 6) is 0. The Hall–Kier alpha value is -1.13. The maximum Gasteiger partial charge on any atom is 0.0750 e. The lowest BCUT2D eigenvalue weighted by Gasteiger charge is -2.28. The summed E-state index contributed by atoms with van der Waals surface area (Å²) in [5, 5.41) is 0. The van der Waals surface area contributed by atoms with Gasteiger partial charge in [0.05, 0.1) is 17.8 Å². The Kier molecular flexibility index (Phi) is 3.41. The van der Waals surface area contributed by atoms with Gasteiger partial charge in [0.25, 0.3) is 0 Å². The number of likely N-dealkylation sites (N-methyl/N-ethyl adjacent to an activating group) is 1. The fraction of sp³-hybridized carbons (Fsp3) is 0.583. The van der Waals surface area contributed by atoms with Crippen molar-refractivity contribution in [2.45, 2.75) is 32.0 Å². The Bertz CT molecular complexity index is 356. The molecule has 1 fully saturated rings. The van der Waals surface area contributed by atoms with E-state index in [1.807, 2.05) is 18.3 Å². The van der Waals surface area contributed by atoms with Gasteiger partial charge in [0.1, 0.15) is 0 Å². The summed E-state index contributed by atoms with van der Waals surface area (Å²) in [4.78, 5) is 6.47. The highest BCUT2D eigenvalue weighted by atomic mass is 16.5. The second-order valence-corrected chi connectivity index (χ2v) is 4.25. The lowest BCUT2D eigenvalue weighted by atomic mass is 10.1. The first-order chi connectivity index (χ1) is 7.72. The largest absolute Gasteiger partial charge is 0.376 e. The van der Waals surface area contributed by atoms with Crippen molar-refractivity contribution in [3.8, 4) is 0 Å². The summed E-state index contributed by atoms with van der Waals surface area (Å²) in [6.45, 7) is 3.46. The van der Waals surface area contributed by atoms with Crippen LogP contribution < -0.4 is 10.6 Å². The van der Waals surface area contributed by atoms with Crippen molar-refractivity contribution < 1.29 is 4.74 Å². The van der Waals surface area contributed by atoms with Gasteiger partial charge < -0.3 is 15.4 Å². The summed E-state index contributed by atoms with van der Waals surface area (Å²) in [6, 6.07) is 4.52. The molecule has 1 aromatic heterocycles. The molecule has 16 heavy (non-hydrogen) atoms. The third-order valence-corrected chi connectivity index (χ3v) is 3.25. The first kappa shape index (κ1) is 11.4. The van der Waals surface area contributed by atoms with E-state index in [9.17, 15) is 0 Å². The van der Waals surface area contributed by atoms with Crippen molar-refractivity contribution in [1.82, 2.24) is 4.98 Å². The maximum atomic E-state index is 5.59. The molecule has 0 amide bonds. The Morgan fingerprint density at radius 1 is 1.62 bits per heavy atom. The van der Waals surface area contributed by atoms with E-state index in [0.717, 1.165) is 24.4 Å². The lowest BCUT2D eigenvalue weighted by molar-refractivity contribution is 0.118. The van der Waals surface area contributed by atoms with Crippen LogP contribution in [-0.2, 0) is 11.3 Å². The first-order valence-electron chi connectivity index (χ1n) is 5.72. The molecule has 2 unspecified atom stereocenters. The van der Waals surface area contributed by atoms with Gasteiger partial charge >= 0.3 is 0 Å². The normalized spacial score (nSPS) is 24.7. The van der Waals surface area contributed by atoms with Crippen LogP contribution in [0.25, 0.3) is 0 Å². The second kappa shape index (κ2) is 4.80. The standard InChI is InChI=1S/C12H19N3O/c1-9-12(4-6-16-9)15(2)11-3-5-14-10(7-11)8-13/h3,5,7,9,12H,4,6,8,13H2,1-2H3. The molecule has 0 aromatic carbocycles. The molecule has 2 rings (SSSR count). The van der Waals surface area contributed by atoms with Crippen molar-refractivity contribution >= 4 is 5.69 Å². The highest BCUT2D eigenvalue weighted by molar-refractivity contribution is 5.47. The highest BCUT2D eigenvalue weighted by Crippen LogP contribution is 2.24. The smallest absolute Gasteiger partial charge is 0.0750 e. The number of rotatable bonds is 3. The van der Waals surface area contributed by atoms with Crippen molar-refractivity contribution in [3.63, 3.8) is 0 Å². The predicted molar refractivity (Wildman–Crippen MR) is 64.4 cm³/mol. The van der Waals surface area contributed by atoms with Crippen molar-refractivity contribution in [2.24, 2.45) is 5.73 Å². The van der Waals surface area contributed by atoms with E-state index < -0.39 is 0 Å². The number of nitrogens with zero attached hydrogens (tertiary/aromatic N) is 2. The Balaban J connectivity index is 2.16. The second-order valence-electron chi connectivity index (χ2n) is 4.25. The van der Waals surface area contributed by atoms with Gasteiger partial charge in [-0.15, -0.1) is 0 Å². The van der Waals surface area contributed by atoms with E-state index in [4.69, 9.17) is 10.5 Å². The zero-order chi connectivity index (χ0) is 11.5. The fourth-order valence-electron chi connectivity index (χ4n) is 2.22. The lowest BCUT2D eigenvalue weighted by Crippen LogP contribution is -2.36. The molecule has 0 spiro atoms. The minimum Gasteiger partial charge on any atom is -0.376 e. The van der Waals surface area contributed by atoms with Gasteiger partial charge in [0.2, 0.25) is 0 Å². The van der Waals surface area contributed by atoms with E-state index in [0.29, 0.717) is 18.7 Å². The highest BCUT2D eigenvalue weighted by Gasteiger charge is 2.28. The molecule has 1 aliphatic heterocycles. The molecule has 1 aliphatic rings. The molecule has 2 atom stereocenters. The van der Waals surface area contributed by atoms with E-state index in [2.05, 4.69) is 23.9 Å². The Labute approximate surface area is 96.4 Å². The number of anilines is 1. The molecule has 0 aliphatic carbocycles. The van der Waals surface area contributed by atoms with Crippen molar-refractivity contribution in [3.05, 3.63) is 24.0 Å². The maximum absolute atomic E-state index is 5.59. The molecule has 4 heteroatoms. The minimum absolute atomic E-state index is 0.291. The molecule has 0 bridgehead atoms. The molecule has 0 radical (unpaired) electrons. The van der Waals surface area contributed by atoms with Crippen molar-refractivity contribution in [2.75, 3.05) is 18.6 Å². The van der Waals surface area contributed by atoms with Crippen LogP contribution in [0.1, 0.15) is 19.0 Å². The zero-order valence-corrected chi connectivity index (χ0v) is 9.89. The summed E-state index contributed by atoms with van der Waals surface area (Å²) in [7, 11) is 2.10. The van der Waals surface area contributed by atoms with Crippen LogP contribution in [0.2, 0.25) is 0 Å². The summed E-state index contributed by atoms with van der Waals surface area (Å²) >= 11 is 0. The van der Waals surface area contributed by atoms with Gasteiger partial charge in [-0.05, 0) is 25.5 Å². The number of pyridine rings is 1. The Morgan fingerprint density at radius 2 is 2.44 bits per heavy atom. The van der Waals surface area contributed by atoms with Gasteiger partial charge in [0.15, 0.2) is 0 Å². The van der Waals surface area contributed by atoms with Gasteiger partial charge in [0, 0.05) is 32.1 Å². The van der Waals surface area contributed by atoms with E-state index >= 15 is 0 Å². The van der Waals surface area contributed by atoms with Crippen LogP contribution in [0.3, 0.4) is 0 Å². The van der Waals surface area contributed by atoms with Crippen LogP contribution in [-0.4, -0.2) is 30.8 Å². The van der Waals surface area contributed by atoms with Gasteiger partial charge in [-0.25, -0.2) is 0 Å². The number of ether oxygens (including phenoxy) is 1. The molecule has 4 nitrogen and oxygen atoms in total. The van der Waals surface area contributed by atoms with Crippen LogP contribution in [0.15, 0.2) is 18.3 Å². The number of aromatic nitrogens is 1. The molecule has 2 heterocycles. The first-order valence-corrected chi connectivity index (χ1v) is 5.72. The molecular weight excluding hydrogens is 202 g/mol. The summed E-state index contributed by atoms with van der Waals surface area (Å²) in [5.41, 5.74) is 7.69. The Morgan fingerprint density at radius 3 is 3.06 bits per heavy atom. The van der Waals surface area contributed by atoms with Crippen molar-refractivity contribution in [1.29, 1.82) is 0 Å². The molecule has 2 N–H and O–H groups in total. The number of hydrogen-bond acceptors (Lipinski definition) is 4. The average molecular weight is 221 g/mol. The molecule has 1 aromatic rings. The monoisotopic (exact) mass is 221 g/mol. The van der Waals surface area contributed by atoms with Crippen LogP contribution in [0, 0.1) is 0 Å². The third kappa shape index (κ3) is 2.18. The number of hydrogen-bond donors (Lipinski definition) is 1. The van der Waals surface area contributed by atoms with E-state index in [1.54, 1.807) is 0 Å². The van der Waals surface area contributed by atoms with Gasteiger partial charge in [-0.2, -0.15) is 0 Å². The summed E-state index contributed by atoms with van der Waals surface area (Å²) in [6.07, 6.45) is 3.19. The van der Waals surface area contributed by atoms with Gasteiger partial charge in [-0.3, -0.25) is 4.98 Å². The topological polar surface area (TPSA) is 51.4 Å². The average Bonchev–Trinajstić information content (AvgIpc) is 2.74. The quantitative estimate of drug-likeness (QED) is 0.832. The van der Waals surface area contributed by atoms with Crippen LogP contribution >= 0.6 is 0 Å². The molecule has 1 saturated heterocycles. The van der Waals surface area contributed by atoms with Gasteiger partial charge in [-0.1, -0.05) is 0 Å². The fourth-order valence-corrected chi connectivity index (χ4v) is 2.22. The third-order valence-electron chi connectivity index (χ3n) is 3.25. The van der Waals surface area contributed by atoms with Crippen LogP contribution in [0.5, 0.6) is 0 Å². The van der Waals surface area contributed by atoms with E-state index in [1.165, 1.54) is 0 Å². The molecular formula is C12H19N3O. The molecule has 0 saturated carbocycles. The summed E-state index contributed by atoms with van der Waals surface area (Å²) < 4.78 is 5.58. The predicted octanol–water partition coefficient (Wildman–Crippen LogP) is 1.15. The minimum atomic E-state index is 0.291. The molecule has 88 valence electrons. The number of nitrogens with two attached hydrogens (primary N) is 1.